The van der Waals surface area contributed by atoms with E-state index in [1.165, 1.54) is 43.6 Å². The number of hydrogen-bond acceptors (Lipinski definition) is 6. The van der Waals surface area contributed by atoms with Gasteiger partial charge in [0.05, 0.1) is 29.5 Å². The van der Waals surface area contributed by atoms with Crippen molar-refractivity contribution in [1.29, 1.82) is 0 Å². The lowest BCUT2D eigenvalue weighted by atomic mass is 10.2. The summed E-state index contributed by atoms with van der Waals surface area (Å²) in [7, 11) is -2.66. The second kappa shape index (κ2) is 7.88. The predicted octanol–water partition coefficient (Wildman–Crippen LogP) is 3.46. The summed E-state index contributed by atoms with van der Waals surface area (Å²) in [4.78, 5) is 15.6. The van der Waals surface area contributed by atoms with Crippen molar-refractivity contribution in [3.63, 3.8) is 0 Å². The maximum atomic E-state index is 12.5. The number of nitrogens with zero attached hydrogens (tertiary/aromatic N) is 1. The summed E-state index contributed by atoms with van der Waals surface area (Å²) in [5.41, 5.74) is 0.406. The average Bonchev–Trinajstić information content (AvgIpc) is 2.69. The number of carbonyl (C=O) groups excluding carboxylic acids is 1. The molecule has 27 heavy (non-hydrogen) atoms. The van der Waals surface area contributed by atoms with E-state index in [2.05, 4.69) is 14.4 Å². The van der Waals surface area contributed by atoms with Gasteiger partial charge in [0, 0.05) is 6.07 Å². The van der Waals surface area contributed by atoms with E-state index in [1.54, 1.807) is 18.2 Å². The second-order valence-electron chi connectivity index (χ2n) is 5.43. The minimum atomic E-state index is -3.89. The quantitative estimate of drug-likeness (QED) is 0.654. The van der Waals surface area contributed by atoms with Gasteiger partial charge in [0.25, 0.3) is 10.0 Å². The third-order valence-corrected chi connectivity index (χ3v) is 4.90. The first-order valence-electron chi connectivity index (χ1n) is 7.88. The molecule has 3 aromatic rings. The van der Waals surface area contributed by atoms with Gasteiger partial charge in [-0.1, -0.05) is 24.3 Å². The maximum Gasteiger partial charge on any atom is 0.337 e. The Labute approximate surface area is 156 Å². The van der Waals surface area contributed by atoms with Gasteiger partial charge in [-0.15, -0.1) is 0 Å². The Balaban J connectivity index is 1.75. The smallest absolute Gasteiger partial charge is 0.337 e. The van der Waals surface area contributed by atoms with Crippen molar-refractivity contribution in [3.8, 4) is 11.6 Å². The van der Waals surface area contributed by atoms with E-state index in [4.69, 9.17) is 4.74 Å². The Morgan fingerprint density at radius 2 is 1.78 bits per heavy atom. The molecule has 1 aromatic heterocycles. The molecule has 3 rings (SSSR count). The van der Waals surface area contributed by atoms with E-state index in [9.17, 15) is 13.2 Å². The van der Waals surface area contributed by atoms with Crippen LogP contribution in [0.15, 0.2) is 77.8 Å². The van der Waals surface area contributed by atoms with Crippen LogP contribution in [0.25, 0.3) is 0 Å². The molecule has 0 radical (unpaired) electrons. The first-order chi connectivity index (χ1) is 13.0. The third-order valence-electron chi connectivity index (χ3n) is 3.52. The first-order valence-corrected chi connectivity index (χ1v) is 9.36. The molecule has 0 saturated heterocycles. The number of nitrogens with one attached hydrogen (secondary N) is 1. The lowest BCUT2D eigenvalue weighted by Crippen LogP contribution is -2.14. The minimum Gasteiger partial charge on any atom is -0.465 e. The molecular weight excluding hydrogens is 368 g/mol. The number of anilines is 1. The summed E-state index contributed by atoms with van der Waals surface area (Å²) in [5, 5.41) is 0. The lowest BCUT2D eigenvalue weighted by molar-refractivity contribution is 0.0600. The highest BCUT2D eigenvalue weighted by atomic mass is 32.2. The molecule has 0 saturated carbocycles. The normalized spacial score (nSPS) is 10.9. The summed E-state index contributed by atoms with van der Waals surface area (Å²) >= 11 is 0. The van der Waals surface area contributed by atoms with Crippen LogP contribution in [0.5, 0.6) is 11.6 Å². The van der Waals surface area contributed by atoms with Crippen LogP contribution in [0.4, 0.5) is 5.69 Å². The molecule has 1 heterocycles. The highest BCUT2D eigenvalue weighted by Crippen LogP contribution is 2.22. The molecule has 2 aromatic carbocycles. The zero-order valence-corrected chi connectivity index (χ0v) is 15.1. The number of benzene rings is 2. The topological polar surface area (TPSA) is 94.6 Å². The highest BCUT2D eigenvalue weighted by Gasteiger charge is 2.17. The standard InChI is InChI=1S/C19H16N2O5S/c1-25-19(22)14-6-5-9-17(12-14)27(23,24)21-15-10-11-18(20-13-15)26-16-7-3-2-4-8-16/h2-13,21H,1H3. The van der Waals surface area contributed by atoms with Crippen LogP contribution in [0.1, 0.15) is 10.4 Å². The van der Waals surface area contributed by atoms with Crippen LogP contribution in [-0.2, 0) is 14.8 Å². The van der Waals surface area contributed by atoms with E-state index in [0.29, 0.717) is 11.6 Å². The molecule has 8 heteroatoms. The number of hydrogen-bond donors (Lipinski definition) is 1. The fourth-order valence-electron chi connectivity index (χ4n) is 2.23. The van der Waals surface area contributed by atoms with Gasteiger partial charge in [0.2, 0.25) is 5.88 Å². The van der Waals surface area contributed by atoms with Crippen LogP contribution >= 0.6 is 0 Å². The Bertz CT molecular complexity index is 1040. The van der Waals surface area contributed by atoms with Gasteiger partial charge in [0.15, 0.2) is 0 Å². The summed E-state index contributed by atoms with van der Waals surface area (Å²) in [6, 6.07) is 17.8. The Hall–Kier alpha value is -3.39. The first kappa shape index (κ1) is 18.4. The third kappa shape index (κ3) is 4.62. The van der Waals surface area contributed by atoms with E-state index >= 15 is 0 Å². The Kier molecular flexibility index (Phi) is 5.37. The predicted molar refractivity (Wildman–Crippen MR) is 99.3 cm³/mol. The Morgan fingerprint density at radius 1 is 1.00 bits per heavy atom. The number of para-hydroxylation sites is 1. The molecule has 0 aliphatic carbocycles. The number of rotatable bonds is 6. The van der Waals surface area contributed by atoms with Crippen LogP contribution in [0.2, 0.25) is 0 Å². The van der Waals surface area contributed by atoms with E-state index in [0.717, 1.165) is 0 Å². The lowest BCUT2D eigenvalue weighted by Gasteiger charge is -2.10. The zero-order valence-electron chi connectivity index (χ0n) is 14.3. The number of aromatic nitrogens is 1. The highest BCUT2D eigenvalue weighted by molar-refractivity contribution is 7.92. The summed E-state index contributed by atoms with van der Waals surface area (Å²) in [5.74, 6) is 0.339. The minimum absolute atomic E-state index is 0.0602. The fraction of sp³-hybridized carbons (Fsp3) is 0.0526. The monoisotopic (exact) mass is 384 g/mol. The van der Waals surface area contributed by atoms with E-state index < -0.39 is 16.0 Å². The molecule has 0 bridgehead atoms. The molecule has 0 unspecified atom stereocenters. The molecule has 0 aliphatic heterocycles. The zero-order chi connectivity index (χ0) is 19.3. The molecular formula is C19H16N2O5S. The van der Waals surface area contributed by atoms with E-state index in [1.807, 2.05) is 18.2 Å². The van der Waals surface area contributed by atoms with Crippen molar-refractivity contribution in [2.45, 2.75) is 4.90 Å². The second-order valence-corrected chi connectivity index (χ2v) is 7.11. The van der Waals surface area contributed by atoms with Gasteiger partial charge < -0.3 is 9.47 Å². The number of ether oxygens (including phenoxy) is 2. The van der Waals surface area contributed by atoms with E-state index in [-0.39, 0.29) is 16.1 Å². The fourth-order valence-corrected chi connectivity index (χ4v) is 3.32. The number of pyridine rings is 1. The van der Waals surface area contributed by atoms with Crippen molar-refractivity contribution in [3.05, 3.63) is 78.5 Å². The van der Waals surface area contributed by atoms with Gasteiger partial charge in [0.1, 0.15) is 5.75 Å². The van der Waals surface area contributed by atoms with Crippen molar-refractivity contribution in [1.82, 2.24) is 4.98 Å². The summed E-state index contributed by atoms with van der Waals surface area (Å²) < 4.78 is 37.6. The molecule has 138 valence electrons. The number of carbonyl (C=O) groups is 1. The molecule has 1 N–H and O–H groups in total. The van der Waals surface area contributed by atoms with Gasteiger partial charge in [-0.3, -0.25) is 4.72 Å². The van der Waals surface area contributed by atoms with Gasteiger partial charge in [-0.25, -0.2) is 18.2 Å². The van der Waals surface area contributed by atoms with Crippen molar-refractivity contribution in [2.24, 2.45) is 0 Å². The average molecular weight is 384 g/mol. The van der Waals surface area contributed by atoms with Crippen molar-refractivity contribution in [2.75, 3.05) is 11.8 Å². The summed E-state index contributed by atoms with van der Waals surface area (Å²) in [6.07, 6.45) is 1.35. The van der Waals surface area contributed by atoms with Crippen LogP contribution in [0.3, 0.4) is 0 Å². The van der Waals surface area contributed by atoms with Gasteiger partial charge in [-0.05, 0) is 36.4 Å². The number of methoxy groups -OCH3 is 1. The number of esters is 1. The van der Waals surface area contributed by atoms with Gasteiger partial charge >= 0.3 is 5.97 Å². The Morgan fingerprint density at radius 3 is 2.44 bits per heavy atom. The van der Waals surface area contributed by atoms with Crippen LogP contribution in [0, 0.1) is 0 Å². The maximum absolute atomic E-state index is 12.5. The SMILES string of the molecule is COC(=O)c1cccc(S(=O)(=O)Nc2ccc(Oc3ccccc3)nc2)c1. The molecule has 0 fully saturated rings. The van der Waals surface area contributed by atoms with Crippen molar-refractivity contribution < 1.29 is 22.7 Å². The van der Waals surface area contributed by atoms with Gasteiger partial charge in [-0.2, -0.15) is 0 Å². The molecule has 0 spiro atoms. The largest absolute Gasteiger partial charge is 0.465 e. The number of sulfonamides is 1. The van der Waals surface area contributed by atoms with Crippen LogP contribution in [-0.4, -0.2) is 26.5 Å². The van der Waals surface area contributed by atoms with Crippen LogP contribution < -0.4 is 9.46 Å². The molecule has 0 amide bonds. The molecule has 7 nitrogen and oxygen atoms in total. The summed E-state index contributed by atoms with van der Waals surface area (Å²) in [6.45, 7) is 0. The molecule has 0 atom stereocenters. The molecule has 0 aliphatic rings. The van der Waals surface area contributed by atoms with Crippen molar-refractivity contribution >= 4 is 21.7 Å².